The first-order valence-corrected chi connectivity index (χ1v) is 7.01. The minimum absolute atomic E-state index is 0.0242. The van der Waals surface area contributed by atoms with Crippen LogP contribution in [0.2, 0.25) is 0 Å². The van der Waals surface area contributed by atoms with Gasteiger partial charge in [-0.15, -0.1) is 0 Å². The lowest BCUT2D eigenvalue weighted by Crippen LogP contribution is -2.39. The summed E-state index contributed by atoms with van der Waals surface area (Å²) in [6.07, 6.45) is 0.446. The van der Waals surface area contributed by atoms with E-state index in [9.17, 15) is 14.9 Å². The molecule has 1 rings (SSSR count). The predicted molar refractivity (Wildman–Crippen MR) is 78.6 cm³/mol. The highest BCUT2D eigenvalue weighted by atomic mass is 79.9. The zero-order valence-electron chi connectivity index (χ0n) is 11.3. The number of aliphatic hydroxyl groups is 1. The number of hydrogen-bond acceptors (Lipinski definition) is 4. The molecule has 0 aromatic heterocycles. The lowest BCUT2D eigenvalue weighted by Gasteiger charge is -2.21. The Bertz CT molecular complexity index is 505. The molecule has 0 aliphatic rings. The second kappa shape index (κ2) is 7.35. The van der Waals surface area contributed by atoms with Crippen molar-refractivity contribution in [2.45, 2.75) is 26.3 Å². The second-order valence-electron chi connectivity index (χ2n) is 4.76. The minimum atomic E-state index is -0.547. The van der Waals surface area contributed by atoms with Crippen LogP contribution in [0.5, 0.6) is 0 Å². The topological polar surface area (TPSA) is 92.5 Å². The number of amides is 1. The van der Waals surface area contributed by atoms with Crippen molar-refractivity contribution in [3.05, 3.63) is 38.3 Å². The Kier molecular flexibility index (Phi) is 6.09. The van der Waals surface area contributed by atoms with Crippen molar-refractivity contribution >= 4 is 27.5 Å². The van der Waals surface area contributed by atoms with Gasteiger partial charge in [-0.1, -0.05) is 13.8 Å². The Balaban J connectivity index is 2.92. The average Bonchev–Trinajstić information content (AvgIpc) is 2.38. The summed E-state index contributed by atoms with van der Waals surface area (Å²) in [5.74, 6) is -0.218. The van der Waals surface area contributed by atoms with Crippen molar-refractivity contribution in [3.63, 3.8) is 0 Å². The molecule has 0 saturated heterocycles. The Morgan fingerprint density at radius 3 is 2.65 bits per heavy atom. The number of nitrogens with one attached hydrogen (secondary N) is 1. The Hall–Kier alpha value is -1.47. The van der Waals surface area contributed by atoms with Crippen LogP contribution in [0.15, 0.2) is 22.7 Å². The average molecular weight is 345 g/mol. The van der Waals surface area contributed by atoms with E-state index in [1.807, 2.05) is 13.8 Å². The summed E-state index contributed by atoms with van der Waals surface area (Å²) in [5, 5.41) is 22.6. The van der Waals surface area contributed by atoms with Gasteiger partial charge in [0.15, 0.2) is 0 Å². The Morgan fingerprint density at radius 2 is 2.15 bits per heavy atom. The van der Waals surface area contributed by atoms with E-state index in [0.717, 1.165) is 0 Å². The molecule has 1 aromatic rings. The van der Waals surface area contributed by atoms with E-state index in [1.165, 1.54) is 18.2 Å². The molecule has 0 aliphatic heterocycles. The molecule has 110 valence electrons. The quantitative estimate of drug-likeness (QED) is 0.612. The smallest absolute Gasteiger partial charge is 0.284 e. The molecule has 0 bridgehead atoms. The number of aliphatic hydroxyl groups excluding tert-OH is 1. The lowest BCUT2D eigenvalue weighted by molar-refractivity contribution is -0.385. The van der Waals surface area contributed by atoms with Gasteiger partial charge in [0.1, 0.15) is 0 Å². The van der Waals surface area contributed by atoms with Gasteiger partial charge in [0, 0.05) is 24.3 Å². The van der Waals surface area contributed by atoms with Crippen LogP contribution in [0, 0.1) is 16.0 Å². The summed E-state index contributed by atoms with van der Waals surface area (Å²) in [6, 6.07) is 4.05. The number of nitrogens with zero attached hydrogens (tertiary/aromatic N) is 1. The molecule has 0 spiro atoms. The van der Waals surface area contributed by atoms with Crippen molar-refractivity contribution < 1.29 is 14.8 Å². The van der Waals surface area contributed by atoms with E-state index >= 15 is 0 Å². The highest BCUT2D eigenvalue weighted by Crippen LogP contribution is 2.25. The standard InChI is InChI=1S/C13H17BrN2O4/c1-8(2)11(5-6-17)15-13(18)9-3-4-10(14)12(7-9)16(19)20/h3-4,7-8,11,17H,5-6H2,1-2H3,(H,15,18). The number of halogens is 1. The zero-order valence-corrected chi connectivity index (χ0v) is 12.9. The van der Waals surface area contributed by atoms with Crippen LogP contribution < -0.4 is 5.32 Å². The number of nitro benzene ring substituents is 1. The summed E-state index contributed by atoms with van der Waals surface area (Å²) in [6.45, 7) is 3.85. The molecule has 1 unspecified atom stereocenters. The Morgan fingerprint density at radius 1 is 1.50 bits per heavy atom. The number of rotatable bonds is 6. The highest BCUT2D eigenvalue weighted by Gasteiger charge is 2.19. The van der Waals surface area contributed by atoms with Crippen molar-refractivity contribution in [2.75, 3.05) is 6.61 Å². The van der Waals surface area contributed by atoms with E-state index in [2.05, 4.69) is 21.2 Å². The van der Waals surface area contributed by atoms with Crippen LogP contribution in [0.3, 0.4) is 0 Å². The van der Waals surface area contributed by atoms with Gasteiger partial charge in [-0.3, -0.25) is 14.9 Å². The third-order valence-electron chi connectivity index (χ3n) is 2.97. The van der Waals surface area contributed by atoms with Gasteiger partial charge < -0.3 is 10.4 Å². The third kappa shape index (κ3) is 4.28. The van der Waals surface area contributed by atoms with Crippen LogP contribution in [-0.2, 0) is 0 Å². The van der Waals surface area contributed by atoms with Gasteiger partial charge in [-0.25, -0.2) is 0 Å². The molecule has 2 N–H and O–H groups in total. The third-order valence-corrected chi connectivity index (χ3v) is 3.64. The van der Waals surface area contributed by atoms with Crippen LogP contribution in [0.25, 0.3) is 0 Å². The van der Waals surface area contributed by atoms with Crippen LogP contribution in [0.1, 0.15) is 30.6 Å². The molecule has 6 nitrogen and oxygen atoms in total. The van der Waals surface area contributed by atoms with Gasteiger partial charge in [-0.05, 0) is 40.4 Å². The molecule has 1 amide bonds. The summed E-state index contributed by atoms with van der Waals surface area (Å²) >= 11 is 3.07. The molecular weight excluding hydrogens is 328 g/mol. The molecule has 1 aromatic carbocycles. The van der Waals surface area contributed by atoms with E-state index in [4.69, 9.17) is 5.11 Å². The molecule has 20 heavy (non-hydrogen) atoms. The first kappa shape index (κ1) is 16.6. The summed E-state index contributed by atoms with van der Waals surface area (Å²) in [5.41, 5.74) is 0.0735. The maximum atomic E-state index is 12.1. The van der Waals surface area contributed by atoms with Gasteiger partial charge in [0.25, 0.3) is 11.6 Å². The second-order valence-corrected chi connectivity index (χ2v) is 5.61. The SMILES string of the molecule is CC(C)C(CCO)NC(=O)c1ccc(Br)c([N+](=O)[O-])c1. The fourth-order valence-corrected chi connectivity index (χ4v) is 2.15. The Labute approximate surface area is 125 Å². The zero-order chi connectivity index (χ0) is 15.3. The molecule has 0 saturated carbocycles. The van der Waals surface area contributed by atoms with Crippen LogP contribution >= 0.6 is 15.9 Å². The number of hydrogen-bond donors (Lipinski definition) is 2. The molecule has 1 atom stereocenters. The van der Waals surface area contributed by atoms with Crippen LogP contribution in [0.4, 0.5) is 5.69 Å². The largest absolute Gasteiger partial charge is 0.396 e. The predicted octanol–water partition coefficient (Wildman–Crippen LogP) is 2.49. The van der Waals surface area contributed by atoms with Crippen molar-refractivity contribution in [2.24, 2.45) is 5.92 Å². The first-order chi connectivity index (χ1) is 9.36. The number of benzene rings is 1. The number of nitro groups is 1. The van der Waals surface area contributed by atoms with Gasteiger partial charge in [0.2, 0.25) is 0 Å². The molecule has 0 radical (unpaired) electrons. The molecule has 0 fully saturated rings. The molecule has 0 heterocycles. The number of carbonyl (C=O) groups excluding carboxylic acids is 1. The van der Waals surface area contributed by atoms with Gasteiger partial charge in [0.05, 0.1) is 9.40 Å². The van der Waals surface area contributed by atoms with E-state index in [0.29, 0.717) is 10.9 Å². The molecule has 0 aliphatic carbocycles. The summed E-state index contributed by atoms with van der Waals surface area (Å²) in [7, 11) is 0. The molecule has 7 heteroatoms. The van der Waals surface area contributed by atoms with Crippen molar-refractivity contribution in [1.29, 1.82) is 0 Å². The van der Waals surface area contributed by atoms with E-state index in [-0.39, 0.29) is 35.7 Å². The first-order valence-electron chi connectivity index (χ1n) is 6.22. The van der Waals surface area contributed by atoms with E-state index < -0.39 is 4.92 Å². The summed E-state index contributed by atoms with van der Waals surface area (Å²) in [4.78, 5) is 22.4. The van der Waals surface area contributed by atoms with Gasteiger partial charge >= 0.3 is 0 Å². The fourth-order valence-electron chi connectivity index (χ4n) is 1.76. The highest BCUT2D eigenvalue weighted by molar-refractivity contribution is 9.10. The fraction of sp³-hybridized carbons (Fsp3) is 0.462. The number of carbonyl (C=O) groups is 1. The maximum Gasteiger partial charge on any atom is 0.284 e. The van der Waals surface area contributed by atoms with Crippen LogP contribution in [-0.4, -0.2) is 28.6 Å². The van der Waals surface area contributed by atoms with Crippen molar-refractivity contribution in [1.82, 2.24) is 5.32 Å². The van der Waals surface area contributed by atoms with Gasteiger partial charge in [-0.2, -0.15) is 0 Å². The minimum Gasteiger partial charge on any atom is -0.396 e. The monoisotopic (exact) mass is 344 g/mol. The lowest BCUT2D eigenvalue weighted by atomic mass is 10.0. The van der Waals surface area contributed by atoms with E-state index in [1.54, 1.807) is 0 Å². The maximum absolute atomic E-state index is 12.1. The van der Waals surface area contributed by atoms with Crippen molar-refractivity contribution in [3.8, 4) is 0 Å². The normalized spacial score (nSPS) is 12.2. The summed E-state index contributed by atoms with van der Waals surface area (Å²) < 4.78 is 0.329. The molecular formula is C13H17BrN2O4.